The highest BCUT2D eigenvalue weighted by molar-refractivity contribution is 7.09. The minimum Gasteiger partial charge on any atom is -0.477 e. The third-order valence-corrected chi connectivity index (χ3v) is 3.68. The van der Waals surface area contributed by atoms with Gasteiger partial charge in [-0.25, -0.2) is 9.97 Å². The molecular weight excluding hydrogens is 256 g/mol. The summed E-state index contributed by atoms with van der Waals surface area (Å²) in [5, 5.41) is 0. The Bertz CT molecular complexity index is 487. The van der Waals surface area contributed by atoms with E-state index in [0.29, 0.717) is 18.4 Å². The maximum atomic E-state index is 5.75. The van der Waals surface area contributed by atoms with Gasteiger partial charge in [0.05, 0.1) is 17.8 Å². The third kappa shape index (κ3) is 3.41. The van der Waals surface area contributed by atoms with E-state index in [4.69, 9.17) is 16.3 Å². The Morgan fingerprint density at radius 1 is 1.41 bits per heavy atom. The SMILES string of the molecule is Cc1ncsc1CCOc1cc(CCl)ccn1. The predicted molar refractivity (Wildman–Crippen MR) is 69.8 cm³/mol. The Morgan fingerprint density at radius 2 is 2.29 bits per heavy atom. The van der Waals surface area contributed by atoms with Crippen molar-refractivity contribution in [3.8, 4) is 5.88 Å². The largest absolute Gasteiger partial charge is 0.477 e. The Kier molecular flexibility index (Phi) is 4.34. The highest BCUT2D eigenvalue weighted by atomic mass is 35.5. The van der Waals surface area contributed by atoms with Crippen molar-refractivity contribution in [2.45, 2.75) is 19.2 Å². The van der Waals surface area contributed by atoms with Crippen molar-refractivity contribution in [2.24, 2.45) is 0 Å². The van der Waals surface area contributed by atoms with Crippen LogP contribution >= 0.6 is 22.9 Å². The average Bonchev–Trinajstić information content (AvgIpc) is 2.76. The number of hydrogen-bond donors (Lipinski definition) is 0. The van der Waals surface area contributed by atoms with E-state index in [1.807, 2.05) is 24.6 Å². The number of hydrogen-bond acceptors (Lipinski definition) is 4. The monoisotopic (exact) mass is 268 g/mol. The second-order valence-corrected chi connectivity index (χ2v) is 4.80. The smallest absolute Gasteiger partial charge is 0.213 e. The second kappa shape index (κ2) is 5.98. The fourth-order valence-electron chi connectivity index (χ4n) is 1.43. The second-order valence-electron chi connectivity index (χ2n) is 3.60. The lowest BCUT2D eigenvalue weighted by Gasteiger charge is -2.05. The first kappa shape index (κ1) is 12.3. The number of ether oxygens (including phenoxy) is 1. The zero-order valence-electron chi connectivity index (χ0n) is 9.52. The quantitative estimate of drug-likeness (QED) is 0.781. The summed E-state index contributed by atoms with van der Waals surface area (Å²) in [5.41, 5.74) is 3.96. The molecular formula is C12H13ClN2OS. The fourth-order valence-corrected chi connectivity index (χ4v) is 2.36. The zero-order chi connectivity index (χ0) is 12.1. The maximum absolute atomic E-state index is 5.75. The molecule has 90 valence electrons. The van der Waals surface area contributed by atoms with Crippen molar-refractivity contribution in [3.05, 3.63) is 40.0 Å². The molecule has 0 aliphatic rings. The van der Waals surface area contributed by atoms with E-state index in [0.717, 1.165) is 17.7 Å². The minimum atomic E-state index is 0.479. The van der Waals surface area contributed by atoms with Crippen molar-refractivity contribution in [2.75, 3.05) is 6.61 Å². The maximum Gasteiger partial charge on any atom is 0.213 e. The number of halogens is 1. The number of aromatic nitrogens is 2. The van der Waals surface area contributed by atoms with Gasteiger partial charge in [0.1, 0.15) is 0 Å². The van der Waals surface area contributed by atoms with Gasteiger partial charge in [-0.15, -0.1) is 22.9 Å². The van der Waals surface area contributed by atoms with Gasteiger partial charge in [-0.2, -0.15) is 0 Å². The fraction of sp³-hybridized carbons (Fsp3) is 0.333. The summed E-state index contributed by atoms with van der Waals surface area (Å²) in [6.07, 6.45) is 2.58. The number of nitrogens with zero attached hydrogens (tertiary/aromatic N) is 2. The van der Waals surface area contributed by atoms with Crippen LogP contribution in [0.3, 0.4) is 0 Å². The van der Waals surface area contributed by atoms with Crippen LogP contribution in [0.4, 0.5) is 0 Å². The van der Waals surface area contributed by atoms with Crippen LogP contribution in [0.25, 0.3) is 0 Å². The van der Waals surface area contributed by atoms with Crippen LogP contribution in [0.2, 0.25) is 0 Å². The van der Waals surface area contributed by atoms with Gasteiger partial charge in [-0.05, 0) is 18.6 Å². The lowest BCUT2D eigenvalue weighted by Crippen LogP contribution is -2.02. The van der Waals surface area contributed by atoms with Gasteiger partial charge in [-0.3, -0.25) is 0 Å². The van der Waals surface area contributed by atoms with Gasteiger partial charge in [0.15, 0.2) is 0 Å². The van der Waals surface area contributed by atoms with Crippen LogP contribution in [-0.4, -0.2) is 16.6 Å². The molecule has 0 saturated carbocycles. The van der Waals surface area contributed by atoms with Crippen molar-refractivity contribution < 1.29 is 4.74 Å². The molecule has 2 rings (SSSR count). The molecule has 0 saturated heterocycles. The first-order valence-electron chi connectivity index (χ1n) is 5.32. The van der Waals surface area contributed by atoms with Gasteiger partial charge < -0.3 is 4.74 Å². The molecule has 3 nitrogen and oxygen atoms in total. The van der Waals surface area contributed by atoms with E-state index >= 15 is 0 Å². The molecule has 0 radical (unpaired) electrons. The molecule has 0 bridgehead atoms. The van der Waals surface area contributed by atoms with Crippen LogP contribution in [0.15, 0.2) is 23.8 Å². The molecule has 0 atom stereocenters. The predicted octanol–water partition coefficient (Wildman–Crippen LogP) is 3.21. The third-order valence-electron chi connectivity index (χ3n) is 2.38. The van der Waals surface area contributed by atoms with Crippen LogP contribution in [0.5, 0.6) is 5.88 Å². The lowest BCUT2D eigenvalue weighted by atomic mass is 10.3. The van der Waals surface area contributed by atoms with Gasteiger partial charge in [0.25, 0.3) is 0 Å². The number of rotatable bonds is 5. The molecule has 0 spiro atoms. The Balaban J connectivity index is 1.87. The number of thiazole rings is 1. The van der Waals surface area contributed by atoms with E-state index in [2.05, 4.69) is 9.97 Å². The topological polar surface area (TPSA) is 35.0 Å². The summed E-state index contributed by atoms with van der Waals surface area (Å²) in [6, 6.07) is 3.75. The standard InChI is InChI=1S/C12H13ClN2OS/c1-9-11(17-8-15-9)3-5-16-12-6-10(7-13)2-4-14-12/h2,4,6,8H,3,5,7H2,1H3. The first-order chi connectivity index (χ1) is 8.29. The molecule has 2 aromatic heterocycles. The highest BCUT2D eigenvalue weighted by Crippen LogP contribution is 2.15. The summed E-state index contributed by atoms with van der Waals surface area (Å²) in [7, 11) is 0. The van der Waals surface area contributed by atoms with E-state index in [1.165, 1.54) is 4.88 Å². The molecule has 0 aliphatic carbocycles. The first-order valence-corrected chi connectivity index (χ1v) is 6.73. The zero-order valence-corrected chi connectivity index (χ0v) is 11.1. The van der Waals surface area contributed by atoms with Gasteiger partial charge in [-0.1, -0.05) is 0 Å². The van der Waals surface area contributed by atoms with Crippen LogP contribution < -0.4 is 4.74 Å². The van der Waals surface area contributed by atoms with Crippen LogP contribution in [0, 0.1) is 6.92 Å². The van der Waals surface area contributed by atoms with Crippen LogP contribution in [0.1, 0.15) is 16.1 Å². The van der Waals surface area contributed by atoms with Gasteiger partial charge >= 0.3 is 0 Å². The Hall–Kier alpha value is -1.13. The molecule has 2 aromatic rings. The molecule has 0 N–H and O–H groups in total. The van der Waals surface area contributed by atoms with Crippen molar-refractivity contribution in [1.82, 2.24) is 9.97 Å². The van der Waals surface area contributed by atoms with Crippen molar-refractivity contribution >= 4 is 22.9 Å². The molecule has 0 aromatic carbocycles. The van der Waals surface area contributed by atoms with Crippen molar-refractivity contribution in [1.29, 1.82) is 0 Å². The normalized spacial score (nSPS) is 10.5. The van der Waals surface area contributed by atoms with Crippen LogP contribution in [-0.2, 0) is 12.3 Å². The lowest BCUT2D eigenvalue weighted by molar-refractivity contribution is 0.310. The average molecular weight is 269 g/mol. The van der Waals surface area contributed by atoms with Gasteiger partial charge in [0, 0.05) is 29.4 Å². The molecule has 2 heterocycles. The molecule has 0 unspecified atom stereocenters. The van der Waals surface area contributed by atoms with E-state index in [9.17, 15) is 0 Å². The Labute approximate surface area is 109 Å². The Morgan fingerprint density at radius 3 is 3.00 bits per heavy atom. The van der Waals surface area contributed by atoms with Crippen molar-refractivity contribution in [3.63, 3.8) is 0 Å². The summed E-state index contributed by atoms with van der Waals surface area (Å²) < 4.78 is 5.59. The molecule has 0 aliphatic heterocycles. The summed E-state index contributed by atoms with van der Waals surface area (Å²) >= 11 is 7.40. The van der Waals surface area contributed by atoms with E-state index < -0.39 is 0 Å². The number of alkyl halides is 1. The van der Waals surface area contributed by atoms with E-state index in [-0.39, 0.29) is 0 Å². The van der Waals surface area contributed by atoms with Gasteiger partial charge in [0.2, 0.25) is 5.88 Å². The molecule has 5 heteroatoms. The minimum absolute atomic E-state index is 0.479. The molecule has 17 heavy (non-hydrogen) atoms. The van der Waals surface area contributed by atoms with E-state index in [1.54, 1.807) is 17.5 Å². The summed E-state index contributed by atoms with van der Waals surface area (Å²) in [5.74, 6) is 1.11. The molecule has 0 fully saturated rings. The summed E-state index contributed by atoms with van der Waals surface area (Å²) in [4.78, 5) is 9.60. The highest BCUT2D eigenvalue weighted by Gasteiger charge is 2.02. The number of aryl methyl sites for hydroxylation is 1. The number of pyridine rings is 1. The molecule has 0 amide bonds. The summed E-state index contributed by atoms with van der Waals surface area (Å²) in [6.45, 7) is 2.62.